The van der Waals surface area contributed by atoms with Crippen LogP contribution in [-0.4, -0.2) is 15.0 Å². The van der Waals surface area contributed by atoms with E-state index in [0.29, 0.717) is 21.5 Å². The lowest BCUT2D eigenvalue weighted by molar-refractivity contribution is -0.566. The van der Waals surface area contributed by atoms with E-state index in [4.69, 9.17) is 0 Å². The van der Waals surface area contributed by atoms with E-state index in [-0.39, 0.29) is 5.95 Å². The zero-order chi connectivity index (χ0) is 12.4. The second kappa shape index (κ2) is 4.25. The first-order valence-corrected chi connectivity index (χ1v) is 5.35. The van der Waals surface area contributed by atoms with Crippen molar-refractivity contribution in [3.63, 3.8) is 0 Å². The summed E-state index contributed by atoms with van der Waals surface area (Å²) in [5.41, 5.74) is 1.03. The minimum Gasteiger partial charge on any atom is -0.754 e. The van der Waals surface area contributed by atoms with Gasteiger partial charge in [-0.25, -0.2) is 4.73 Å². The molecule has 0 aliphatic heterocycles. The van der Waals surface area contributed by atoms with E-state index in [1.165, 1.54) is 0 Å². The molecule has 0 bridgehead atoms. The van der Waals surface area contributed by atoms with Crippen molar-refractivity contribution in [1.82, 2.24) is 15.0 Å². The van der Waals surface area contributed by atoms with Crippen molar-refractivity contribution >= 4 is 22.7 Å². The Morgan fingerprint density at radius 2 is 1.94 bits per heavy atom. The number of nitrogens with one attached hydrogen (secondary N) is 1. The molecule has 0 fully saturated rings. The summed E-state index contributed by atoms with van der Waals surface area (Å²) in [6.07, 6.45) is 6.45. The highest BCUT2D eigenvalue weighted by Gasteiger charge is 2.09. The SMILES string of the molecule is [O-][n+]1c(Nc2cccnc2)ncc2cccnc21. The fourth-order valence-corrected chi connectivity index (χ4v) is 1.61. The molecular formula is C12H9N5O. The van der Waals surface area contributed by atoms with Crippen LogP contribution in [-0.2, 0) is 0 Å². The van der Waals surface area contributed by atoms with Gasteiger partial charge in [0.1, 0.15) is 11.9 Å². The first kappa shape index (κ1) is 10.4. The van der Waals surface area contributed by atoms with Gasteiger partial charge in [0.05, 0.1) is 17.8 Å². The van der Waals surface area contributed by atoms with Gasteiger partial charge in [-0.3, -0.25) is 10.3 Å². The number of pyridine rings is 2. The van der Waals surface area contributed by atoms with Crippen molar-refractivity contribution in [2.24, 2.45) is 0 Å². The molecule has 1 N–H and O–H groups in total. The third-order valence-electron chi connectivity index (χ3n) is 2.45. The van der Waals surface area contributed by atoms with Gasteiger partial charge < -0.3 is 5.21 Å². The number of anilines is 2. The van der Waals surface area contributed by atoms with Crippen LogP contribution in [0.4, 0.5) is 11.6 Å². The number of hydrogen-bond donors (Lipinski definition) is 1. The van der Waals surface area contributed by atoms with Crippen LogP contribution in [0.5, 0.6) is 0 Å². The Hall–Kier alpha value is -2.76. The molecule has 3 rings (SSSR count). The molecule has 88 valence electrons. The van der Waals surface area contributed by atoms with Crippen molar-refractivity contribution in [1.29, 1.82) is 0 Å². The highest BCUT2D eigenvalue weighted by Crippen LogP contribution is 2.11. The summed E-state index contributed by atoms with van der Waals surface area (Å²) in [4.78, 5) is 12.1. The second-order valence-electron chi connectivity index (χ2n) is 3.66. The zero-order valence-corrected chi connectivity index (χ0v) is 9.32. The molecule has 6 nitrogen and oxygen atoms in total. The Kier molecular flexibility index (Phi) is 2.45. The summed E-state index contributed by atoms with van der Waals surface area (Å²) < 4.78 is 0.669. The highest BCUT2D eigenvalue weighted by atomic mass is 16.5. The van der Waals surface area contributed by atoms with Crippen molar-refractivity contribution in [3.05, 3.63) is 54.3 Å². The molecule has 0 atom stereocenters. The molecule has 0 saturated carbocycles. The number of aromatic nitrogens is 4. The van der Waals surface area contributed by atoms with Gasteiger partial charge in [0.2, 0.25) is 5.65 Å². The number of rotatable bonds is 2. The molecular weight excluding hydrogens is 230 g/mol. The molecule has 3 aromatic heterocycles. The van der Waals surface area contributed by atoms with Crippen LogP contribution in [0.25, 0.3) is 11.0 Å². The van der Waals surface area contributed by atoms with Crippen molar-refractivity contribution in [2.75, 3.05) is 5.32 Å². The summed E-state index contributed by atoms with van der Waals surface area (Å²) in [7, 11) is 0. The average Bonchev–Trinajstić information content (AvgIpc) is 2.43. The first-order chi connectivity index (χ1) is 8.84. The molecule has 0 aliphatic carbocycles. The standard InChI is InChI=1S/C12H9N5O/c18-17-11-9(3-1-6-14-11)7-15-12(17)16-10-4-2-5-13-8-10/h1-8H,(H,15,16). The van der Waals surface area contributed by atoms with Crippen LogP contribution in [0.3, 0.4) is 0 Å². The van der Waals surface area contributed by atoms with Gasteiger partial charge in [0.15, 0.2) is 0 Å². The fraction of sp³-hybridized carbons (Fsp3) is 0. The minimum atomic E-state index is 0.175. The molecule has 3 aromatic rings. The maximum absolute atomic E-state index is 12.0. The Morgan fingerprint density at radius 1 is 1.06 bits per heavy atom. The largest absolute Gasteiger partial charge is 0.754 e. The quantitative estimate of drug-likeness (QED) is 0.540. The van der Waals surface area contributed by atoms with Gasteiger partial charge in [-0.05, 0) is 24.3 Å². The molecule has 0 saturated heterocycles. The van der Waals surface area contributed by atoms with Crippen LogP contribution < -0.4 is 10.0 Å². The van der Waals surface area contributed by atoms with E-state index in [0.717, 1.165) is 0 Å². The van der Waals surface area contributed by atoms with Crippen LogP contribution >= 0.6 is 0 Å². The van der Waals surface area contributed by atoms with Crippen molar-refractivity contribution in [3.8, 4) is 0 Å². The van der Waals surface area contributed by atoms with Gasteiger partial charge in [0.25, 0.3) is 0 Å². The lowest BCUT2D eigenvalue weighted by Gasteiger charge is -2.10. The Labute approximate surface area is 103 Å². The summed E-state index contributed by atoms with van der Waals surface area (Å²) in [5.74, 6) is 0.175. The third-order valence-corrected chi connectivity index (χ3v) is 2.45. The number of nitrogens with zero attached hydrogens (tertiary/aromatic N) is 4. The van der Waals surface area contributed by atoms with E-state index >= 15 is 0 Å². The number of hydrogen-bond acceptors (Lipinski definition) is 5. The Bertz CT molecular complexity index is 686. The fourth-order valence-electron chi connectivity index (χ4n) is 1.61. The Morgan fingerprint density at radius 3 is 2.78 bits per heavy atom. The molecule has 0 aliphatic rings. The van der Waals surface area contributed by atoms with E-state index in [1.54, 1.807) is 49.1 Å². The summed E-state index contributed by atoms with van der Waals surface area (Å²) in [6.45, 7) is 0. The third kappa shape index (κ3) is 1.80. The van der Waals surface area contributed by atoms with E-state index in [1.807, 2.05) is 0 Å². The number of fused-ring (bicyclic) bond motifs is 1. The minimum absolute atomic E-state index is 0.175. The lowest BCUT2D eigenvalue weighted by Crippen LogP contribution is -2.32. The van der Waals surface area contributed by atoms with Gasteiger partial charge in [-0.2, -0.15) is 0 Å². The Balaban J connectivity index is 2.05. The van der Waals surface area contributed by atoms with Crippen molar-refractivity contribution < 1.29 is 4.73 Å². The molecule has 0 unspecified atom stereocenters. The predicted molar refractivity (Wildman–Crippen MR) is 66.0 cm³/mol. The van der Waals surface area contributed by atoms with Crippen LogP contribution in [0.2, 0.25) is 0 Å². The monoisotopic (exact) mass is 239 g/mol. The van der Waals surface area contributed by atoms with Crippen LogP contribution in [0.15, 0.2) is 49.1 Å². The van der Waals surface area contributed by atoms with Crippen molar-refractivity contribution in [2.45, 2.75) is 0 Å². The zero-order valence-electron chi connectivity index (χ0n) is 9.32. The van der Waals surface area contributed by atoms with E-state index in [2.05, 4.69) is 20.3 Å². The van der Waals surface area contributed by atoms with Crippen LogP contribution in [0.1, 0.15) is 0 Å². The summed E-state index contributed by atoms with van der Waals surface area (Å²) in [6, 6.07) is 7.13. The van der Waals surface area contributed by atoms with Gasteiger partial charge >= 0.3 is 5.95 Å². The topological polar surface area (TPSA) is 77.6 Å². The maximum Gasteiger partial charge on any atom is 0.351 e. The molecule has 3 heterocycles. The van der Waals surface area contributed by atoms with Crippen LogP contribution in [0, 0.1) is 5.21 Å². The predicted octanol–water partition coefficient (Wildman–Crippen LogP) is 1.40. The van der Waals surface area contributed by atoms with Gasteiger partial charge in [0, 0.05) is 6.20 Å². The van der Waals surface area contributed by atoms with E-state index < -0.39 is 0 Å². The molecule has 0 amide bonds. The maximum atomic E-state index is 12.0. The normalized spacial score (nSPS) is 10.4. The lowest BCUT2D eigenvalue weighted by atomic mass is 10.3. The summed E-state index contributed by atoms with van der Waals surface area (Å²) in [5, 5.41) is 15.6. The molecule has 0 radical (unpaired) electrons. The van der Waals surface area contributed by atoms with Gasteiger partial charge in [-0.1, -0.05) is 0 Å². The van der Waals surface area contributed by atoms with Gasteiger partial charge in [-0.15, -0.1) is 9.97 Å². The van der Waals surface area contributed by atoms with E-state index in [9.17, 15) is 5.21 Å². The smallest absolute Gasteiger partial charge is 0.351 e. The second-order valence-corrected chi connectivity index (χ2v) is 3.66. The first-order valence-electron chi connectivity index (χ1n) is 5.35. The highest BCUT2D eigenvalue weighted by molar-refractivity contribution is 5.71. The molecule has 0 spiro atoms. The average molecular weight is 239 g/mol. The molecule has 6 heteroatoms. The summed E-state index contributed by atoms with van der Waals surface area (Å²) >= 11 is 0. The molecule has 18 heavy (non-hydrogen) atoms. The molecule has 0 aromatic carbocycles.